The molecule has 3 heterocycles. The van der Waals surface area contributed by atoms with Crippen LogP contribution in [0.5, 0.6) is 0 Å². The maximum Gasteiger partial charge on any atom is 0.293 e. The molecule has 14 nitrogen and oxygen atoms in total. The number of rotatable bonds is 9. The van der Waals surface area contributed by atoms with Gasteiger partial charge in [0, 0.05) is 45.0 Å². The van der Waals surface area contributed by atoms with Crippen molar-refractivity contribution >= 4 is 33.2 Å². The van der Waals surface area contributed by atoms with Crippen LogP contribution in [0.15, 0.2) is 47.5 Å². The van der Waals surface area contributed by atoms with Crippen molar-refractivity contribution in [2.75, 3.05) is 64.4 Å². The number of hydrogen-bond acceptors (Lipinski definition) is 11. The number of morpholine rings is 2. The first-order chi connectivity index (χ1) is 18.2. The Labute approximate surface area is 219 Å². The Balaban J connectivity index is 1.38. The van der Waals surface area contributed by atoms with Gasteiger partial charge in [-0.15, -0.1) is 0 Å². The normalized spacial score (nSPS) is 18.5. The number of amides is 2. The van der Waals surface area contributed by atoms with E-state index in [2.05, 4.69) is 10.3 Å². The van der Waals surface area contributed by atoms with E-state index in [1.54, 1.807) is 11.0 Å². The SMILES string of the molecule is O=C(NS(=O)(=O)c1ccc(NCC2CN(C(=O)CN3CCOCC3)CCO2)c([N+](=O)[O-])c1)c1ccccn1. The molecule has 2 fully saturated rings. The van der Waals surface area contributed by atoms with E-state index in [4.69, 9.17) is 9.47 Å². The molecule has 2 saturated heterocycles. The molecule has 15 heteroatoms. The minimum Gasteiger partial charge on any atom is -0.379 e. The maximum atomic E-state index is 12.7. The number of benzene rings is 1. The first-order valence-corrected chi connectivity index (χ1v) is 13.4. The highest BCUT2D eigenvalue weighted by atomic mass is 32.2. The monoisotopic (exact) mass is 548 g/mol. The molecule has 204 valence electrons. The summed E-state index contributed by atoms with van der Waals surface area (Å²) < 4.78 is 38.3. The second-order valence-corrected chi connectivity index (χ2v) is 10.4. The lowest BCUT2D eigenvalue weighted by atomic mass is 10.2. The molecule has 2 aliphatic rings. The van der Waals surface area contributed by atoms with Gasteiger partial charge in [-0.2, -0.15) is 0 Å². The summed E-state index contributed by atoms with van der Waals surface area (Å²) in [5.74, 6) is -0.980. The number of pyridine rings is 1. The summed E-state index contributed by atoms with van der Waals surface area (Å²) in [5.41, 5.74) is -0.534. The number of carbonyl (C=O) groups is 2. The highest BCUT2D eigenvalue weighted by Crippen LogP contribution is 2.28. The van der Waals surface area contributed by atoms with Gasteiger partial charge in [-0.1, -0.05) is 6.07 Å². The Morgan fingerprint density at radius 1 is 1.13 bits per heavy atom. The number of nitro benzene ring substituents is 1. The molecular formula is C23H28N6O8S. The molecule has 0 radical (unpaired) electrons. The molecule has 2 aliphatic heterocycles. The predicted octanol–water partition coefficient (Wildman–Crippen LogP) is 0.0800. The summed E-state index contributed by atoms with van der Waals surface area (Å²) in [4.78, 5) is 43.0. The Hall–Kier alpha value is -3.66. The minimum atomic E-state index is -4.40. The van der Waals surface area contributed by atoms with Crippen molar-refractivity contribution in [2.24, 2.45) is 0 Å². The van der Waals surface area contributed by atoms with Crippen LogP contribution < -0.4 is 10.0 Å². The van der Waals surface area contributed by atoms with Crippen LogP contribution in [0.4, 0.5) is 11.4 Å². The van der Waals surface area contributed by atoms with Gasteiger partial charge in [0.1, 0.15) is 11.4 Å². The molecule has 0 saturated carbocycles. The van der Waals surface area contributed by atoms with Gasteiger partial charge in [0.2, 0.25) is 5.91 Å². The van der Waals surface area contributed by atoms with E-state index in [-0.39, 0.29) is 23.8 Å². The fourth-order valence-electron chi connectivity index (χ4n) is 4.05. The second kappa shape index (κ2) is 12.3. The van der Waals surface area contributed by atoms with Gasteiger partial charge in [0.15, 0.2) is 0 Å². The molecule has 2 aromatic rings. The number of hydrogen-bond donors (Lipinski definition) is 2. The van der Waals surface area contributed by atoms with E-state index in [1.165, 1.54) is 24.4 Å². The topological polar surface area (TPSA) is 173 Å². The van der Waals surface area contributed by atoms with Crippen molar-refractivity contribution in [1.82, 2.24) is 19.5 Å². The third-order valence-corrected chi connectivity index (χ3v) is 7.40. The summed E-state index contributed by atoms with van der Waals surface area (Å²) in [6.45, 7) is 4.14. The third kappa shape index (κ3) is 7.00. The van der Waals surface area contributed by atoms with E-state index < -0.39 is 37.5 Å². The van der Waals surface area contributed by atoms with Crippen molar-refractivity contribution in [3.63, 3.8) is 0 Å². The minimum absolute atomic E-state index is 0.0199. The molecular weight excluding hydrogens is 520 g/mol. The van der Waals surface area contributed by atoms with Crippen LogP contribution in [0.2, 0.25) is 0 Å². The molecule has 0 aliphatic carbocycles. The Kier molecular flexibility index (Phi) is 8.83. The van der Waals surface area contributed by atoms with Crippen molar-refractivity contribution in [1.29, 1.82) is 0 Å². The molecule has 38 heavy (non-hydrogen) atoms. The zero-order valence-corrected chi connectivity index (χ0v) is 21.3. The van der Waals surface area contributed by atoms with Crippen LogP contribution in [0.25, 0.3) is 0 Å². The van der Waals surface area contributed by atoms with Gasteiger partial charge in [0.05, 0.1) is 42.3 Å². The van der Waals surface area contributed by atoms with Gasteiger partial charge >= 0.3 is 0 Å². The van der Waals surface area contributed by atoms with Crippen LogP contribution in [-0.2, 0) is 24.3 Å². The number of anilines is 1. The number of nitro groups is 1. The lowest BCUT2D eigenvalue weighted by molar-refractivity contribution is -0.384. The first-order valence-electron chi connectivity index (χ1n) is 11.9. The summed E-state index contributed by atoms with van der Waals surface area (Å²) >= 11 is 0. The van der Waals surface area contributed by atoms with E-state index in [0.717, 1.165) is 12.1 Å². The average molecular weight is 549 g/mol. The third-order valence-electron chi connectivity index (χ3n) is 6.08. The summed E-state index contributed by atoms with van der Waals surface area (Å²) in [7, 11) is -4.40. The summed E-state index contributed by atoms with van der Waals surface area (Å²) in [6, 6.07) is 7.71. The number of ether oxygens (including phenoxy) is 2. The largest absolute Gasteiger partial charge is 0.379 e. The average Bonchev–Trinajstić information content (AvgIpc) is 2.92. The first kappa shape index (κ1) is 27.4. The van der Waals surface area contributed by atoms with E-state index in [9.17, 15) is 28.1 Å². The van der Waals surface area contributed by atoms with Gasteiger partial charge < -0.3 is 19.7 Å². The molecule has 1 aromatic carbocycles. The number of carbonyl (C=O) groups excluding carboxylic acids is 2. The quantitative estimate of drug-likeness (QED) is 0.321. The number of nitrogens with one attached hydrogen (secondary N) is 2. The van der Waals surface area contributed by atoms with Crippen molar-refractivity contribution in [3.05, 3.63) is 58.4 Å². The molecule has 1 atom stereocenters. The summed E-state index contributed by atoms with van der Waals surface area (Å²) in [6.07, 6.45) is 0.917. The van der Waals surface area contributed by atoms with Crippen LogP contribution in [0, 0.1) is 10.1 Å². The molecule has 1 aromatic heterocycles. The van der Waals surface area contributed by atoms with Gasteiger partial charge in [-0.3, -0.25) is 29.6 Å². The lowest BCUT2D eigenvalue weighted by Crippen LogP contribution is -2.51. The van der Waals surface area contributed by atoms with Crippen molar-refractivity contribution in [3.8, 4) is 0 Å². The van der Waals surface area contributed by atoms with E-state index >= 15 is 0 Å². The molecule has 2 amide bonds. The van der Waals surface area contributed by atoms with Crippen LogP contribution in [-0.4, -0.2) is 105 Å². The van der Waals surface area contributed by atoms with Crippen molar-refractivity contribution < 1.29 is 32.4 Å². The molecule has 0 spiro atoms. The smallest absolute Gasteiger partial charge is 0.293 e. The van der Waals surface area contributed by atoms with Gasteiger partial charge in [-0.05, 0) is 24.3 Å². The van der Waals surface area contributed by atoms with Gasteiger partial charge in [0.25, 0.3) is 21.6 Å². The molecule has 1 unspecified atom stereocenters. The van der Waals surface area contributed by atoms with Crippen molar-refractivity contribution in [2.45, 2.75) is 11.0 Å². The standard InChI is InChI=1S/C23H28N6O8S/c30-22(16-27-7-10-36-11-8-27)28-9-12-37-17(15-28)14-25-19-5-4-18(13-21(19)29(32)33)38(34,35)26-23(31)20-3-1-2-6-24-20/h1-6,13,17,25H,7-12,14-16H2,(H,26,31). The molecule has 2 N–H and O–H groups in total. The van der Waals surface area contributed by atoms with Gasteiger partial charge in [-0.25, -0.2) is 13.1 Å². The fourth-order valence-corrected chi connectivity index (χ4v) is 5.03. The number of sulfonamides is 1. The maximum absolute atomic E-state index is 12.7. The van der Waals surface area contributed by atoms with E-state index in [0.29, 0.717) is 52.5 Å². The highest BCUT2D eigenvalue weighted by molar-refractivity contribution is 7.90. The number of aromatic nitrogens is 1. The Morgan fingerprint density at radius 2 is 1.92 bits per heavy atom. The lowest BCUT2D eigenvalue weighted by Gasteiger charge is -2.35. The van der Waals surface area contributed by atoms with E-state index in [1.807, 2.05) is 9.62 Å². The molecule has 4 rings (SSSR count). The predicted molar refractivity (Wildman–Crippen MR) is 134 cm³/mol. The fraction of sp³-hybridized carbons (Fsp3) is 0.435. The summed E-state index contributed by atoms with van der Waals surface area (Å²) in [5, 5.41) is 14.6. The Morgan fingerprint density at radius 3 is 2.63 bits per heavy atom. The second-order valence-electron chi connectivity index (χ2n) is 8.69. The highest BCUT2D eigenvalue weighted by Gasteiger charge is 2.28. The van der Waals surface area contributed by atoms with Crippen LogP contribution in [0.3, 0.4) is 0 Å². The van der Waals surface area contributed by atoms with Crippen LogP contribution in [0.1, 0.15) is 10.5 Å². The zero-order chi connectivity index (χ0) is 27.1. The number of nitrogens with zero attached hydrogens (tertiary/aromatic N) is 4. The zero-order valence-electron chi connectivity index (χ0n) is 20.4. The molecule has 0 bridgehead atoms. The Bertz CT molecular complexity index is 1270. The van der Waals surface area contributed by atoms with Crippen LogP contribution >= 0.6 is 0 Å².